The Morgan fingerprint density at radius 1 is 1.54 bits per heavy atom. The maximum Gasteiger partial charge on any atom is 0.165 e. The summed E-state index contributed by atoms with van der Waals surface area (Å²) in [5, 5.41) is 9.97. The number of ether oxygens (including phenoxy) is 3. The highest BCUT2D eigenvalue weighted by molar-refractivity contribution is 5.29. The molecule has 0 aromatic heterocycles. The van der Waals surface area contributed by atoms with Gasteiger partial charge in [-0.3, -0.25) is 4.90 Å². The number of rotatable bonds is 9. The lowest BCUT2D eigenvalue weighted by atomic mass is 10.2. The van der Waals surface area contributed by atoms with Gasteiger partial charge in [0.25, 0.3) is 0 Å². The number of halogens is 1. The number of benzene rings is 1. The van der Waals surface area contributed by atoms with Crippen LogP contribution in [0.1, 0.15) is 5.56 Å². The van der Waals surface area contributed by atoms with Crippen LogP contribution in [0, 0.1) is 12.7 Å². The average Bonchev–Trinajstić information content (AvgIpc) is 2.56. The summed E-state index contributed by atoms with van der Waals surface area (Å²) >= 11 is 0. The molecule has 0 spiro atoms. The first kappa shape index (κ1) is 18.9. The molecule has 24 heavy (non-hydrogen) atoms. The van der Waals surface area contributed by atoms with E-state index in [0.717, 1.165) is 12.1 Å². The van der Waals surface area contributed by atoms with Crippen molar-refractivity contribution in [1.82, 2.24) is 4.90 Å². The second-order valence-electron chi connectivity index (χ2n) is 5.98. The van der Waals surface area contributed by atoms with Crippen molar-refractivity contribution in [2.24, 2.45) is 0 Å². The highest BCUT2D eigenvalue weighted by Gasteiger charge is 2.23. The van der Waals surface area contributed by atoms with E-state index in [1.807, 2.05) is 6.92 Å². The van der Waals surface area contributed by atoms with E-state index in [4.69, 9.17) is 14.2 Å². The maximum absolute atomic E-state index is 13.7. The van der Waals surface area contributed by atoms with Crippen LogP contribution in [0.4, 0.5) is 4.39 Å². The number of hydrogen-bond acceptors (Lipinski definition) is 5. The average molecular weight is 339 g/mol. The molecule has 0 bridgehead atoms. The maximum atomic E-state index is 13.7. The van der Waals surface area contributed by atoms with Crippen molar-refractivity contribution in [2.75, 3.05) is 46.1 Å². The van der Waals surface area contributed by atoms with Crippen LogP contribution in [-0.2, 0) is 9.47 Å². The number of hydrogen-bond donors (Lipinski definition) is 1. The molecule has 0 aliphatic carbocycles. The van der Waals surface area contributed by atoms with Crippen LogP contribution in [0.3, 0.4) is 0 Å². The smallest absolute Gasteiger partial charge is 0.165 e. The monoisotopic (exact) mass is 339 g/mol. The van der Waals surface area contributed by atoms with E-state index in [2.05, 4.69) is 11.5 Å². The minimum Gasteiger partial charge on any atom is -0.488 e. The summed E-state index contributed by atoms with van der Waals surface area (Å²) in [6.45, 7) is 8.88. The Hall–Kier alpha value is -1.47. The molecule has 134 valence electrons. The molecule has 1 N–H and O–H groups in total. The largest absolute Gasteiger partial charge is 0.488 e. The van der Waals surface area contributed by atoms with Gasteiger partial charge < -0.3 is 19.3 Å². The van der Waals surface area contributed by atoms with Gasteiger partial charge in [0.15, 0.2) is 11.6 Å². The Balaban J connectivity index is 1.76. The number of nitrogens with zero attached hydrogens (tertiary/aromatic N) is 1. The number of aliphatic hydroxyl groups excluding tert-OH is 1. The summed E-state index contributed by atoms with van der Waals surface area (Å²) in [5.74, 6) is -0.128. The highest BCUT2D eigenvalue weighted by atomic mass is 19.1. The SMILES string of the molecule is C=CCOC[C@@H](O)CN1CCO[C@H](COc2cc(C)ccc2F)C1. The highest BCUT2D eigenvalue weighted by Crippen LogP contribution is 2.19. The van der Waals surface area contributed by atoms with E-state index in [0.29, 0.717) is 26.3 Å². The number of aryl methyl sites for hydroxylation is 1. The molecule has 1 aliphatic heterocycles. The summed E-state index contributed by atoms with van der Waals surface area (Å²) in [6, 6.07) is 4.78. The molecule has 0 unspecified atom stereocenters. The minimum absolute atomic E-state index is 0.153. The minimum atomic E-state index is -0.557. The van der Waals surface area contributed by atoms with Crippen LogP contribution in [0.25, 0.3) is 0 Å². The van der Waals surface area contributed by atoms with Gasteiger partial charge in [-0.2, -0.15) is 0 Å². The molecule has 1 aliphatic rings. The van der Waals surface area contributed by atoms with Gasteiger partial charge in [-0.05, 0) is 24.6 Å². The predicted octanol–water partition coefficient (Wildman–Crippen LogP) is 1.78. The molecule has 5 nitrogen and oxygen atoms in total. The van der Waals surface area contributed by atoms with Gasteiger partial charge in [-0.25, -0.2) is 4.39 Å². The first-order valence-electron chi connectivity index (χ1n) is 8.18. The van der Waals surface area contributed by atoms with Crippen molar-refractivity contribution in [2.45, 2.75) is 19.1 Å². The second-order valence-corrected chi connectivity index (χ2v) is 5.98. The van der Waals surface area contributed by atoms with Gasteiger partial charge in [0.1, 0.15) is 12.7 Å². The molecule has 2 atom stereocenters. The lowest BCUT2D eigenvalue weighted by molar-refractivity contribution is -0.0639. The standard InChI is InChI=1S/C18H26FNO4/c1-3-7-22-12-15(21)10-20-6-8-23-16(11-20)13-24-18-9-14(2)4-5-17(18)19/h3-5,9,15-16,21H,1,6-8,10-13H2,2H3/t15-,16-/m0/s1. The Labute approximate surface area is 142 Å². The predicted molar refractivity (Wildman–Crippen MR) is 89.8 cm³/mol. The third kappa shape index (κ3) is 6.20. The van der Waals surface area contributed by atoms with E-state index in [9.17, 15) is 9.50 Å². The third-order valence-electron chi connectivity index (χ3n) is 3.75. The van der Waals surface area contributed by atoms with E-state index in [1.165, 1.54) is 6.07 Å². The number of aliphatic hydroxyl groups is 1. The van der Waals surface area contributed by atoms with Gasteiger partial charge in [0.2, 0.25) is 0 Å². The topological polar surface area (TPSA) is 51.2 Å². The van der Waals surface area contributed by atoms with E-state index in [-0.39, 0.29) is 30.9 Å². The fraction of sp³-hybridized carbons (Fsp3) is 0.556. The fourth-order valence-corrected chi connectivity index (χ4v) is 2.59. The first-order valence-corrected chi connectivity index (χ1v) is 8.18. The van der Waals surface area contributed by atoms with Gasteiger partial charge >= 0.3 is 0 Å². The Kier molecular flexibility index (Phi) is 7.65. The summed E-state index contributed by atoms with van der Waals surface area (Å²) in [5.41, 5.74) is 0.945. The number of β-amino-alcohol motifs (C(OH)–C–C–N with tert-alkyl or cyclic N) is 1. The molecular formula is C18H26FNO4. The van der Waals surface area contributed by atoms with Crippen molar-refractivity contribution in [3.8, 4) is 5.75 Å². The fourth-order valence-electron chi connectivity index (χ4n) is 2.59. The Morgan fingerprint density at radius 3 is 3.17 bits per heavy atom. The van der Waals surface area contributed by atoms with Crippen molar-refractivity contribution >= 4 is 0 Å². The lowest BCUT2D eigenvalue weighted by Crippen LogP contribution is -2.48. The van der Waals surface area contributed by atoms with Crippen molar-refractivity contribution in [3.05, 3.63) is 42.2 Å². The van der Waals surface area contributed by atoms with Gasteiger partial charge in [0.05, 0.1) is 25.9 Å². The van der Waals surface area contributed by atoms with Crippen LogP contribution in [0.5, 0.6) is 5.75 Å². The van der Waals surface area contributed by atoms with E-state index in [1.54, 1.807) is 18.2 Å². The molecule has 1 heterocycles. The molecule has 0 amide bonds. The second kappa shape index (κ2) is 9.74. The van der Waals surface area contributed by atoms with E-state index < -0.39 is 6.10 Å². The summed E-state index contributed by atoms with van der Waals surface area (Å²) in [4.78, 5) is 2.10. The first-order chi connectivity index (χ1) is 11.6. The Bertz CT molecular complexity index is 526. The molecular weight excluding hydrogens is 313 g/mol. The van der Waals surface area contributed by atoms with Crippen LogP contribution in [-0.4, -0.2) is 68.3 Å². The van der Waals surface area contributed by atoms with Crippen molar-refractivity contribution in [1.29, 1.82) is 0 Å². The molecule has 1 saturated heterocycles. The summed E-state index contributed by atoms with van der Waals surface area (Å²) in [7, 11) is 0. The van der Waals surface area contributed by atoms with Crippen LogP contribution < -0.4 is 4.74 Å². The van der Waals surface area contributed by atoms with Crippen LogP contribution in [0.2, 0.25) is 0 Å². The zero-order valence-electron chi connectivity index (χ0n) is 14.1. The molecule has 0 radical (unpaired) electrons. The Morgan fingerprint density at radius 2 is 2.38 bits per heavy atom. The molecule has 6 heteroatoms. The van der Waals surface area contributed by atoms with Crippen LogP contribution in [0.15, 0.2) is 30.9 Å². The van der Waals surface area contributed by atoms with E-state index >= 15 is 0 Å². The molecule has 1 fully saturated rings. The zero-order valence-corrected chi connectivity index (χ0v) is 14.1. The third-order valence-corrected chi connectivity index (χ3v) is 3.75. The van der Waals surface area contributed by atoms with Crippen molar-refractivity contribution in [3.63, 3.8) is 0 Å². The zero-order chi connectivity index (χ0) is 17.4. The van der Waals surface area contributed by atoms with Crippen molar-refractivity contribution < 1.29 is 23.7 Å². The van der Waals surface area contributed by atoms with Crippen LogP contribution >= 0.6 is 0 Å². The molecule has 0 saturated carbocycles. The molecule has 2 rings (SSSR count). The lowest BCUT2D eigenvalue weighted by Gasteiger charge is -2.33. The number of morpholine rings is 1. The normalized spacial score (nSPS) is 19.9. The molecule has 1 aromatic rings. The van der Waals surface area contributed by atoms with Gasteiger partial charge in [0, 0.05) is 19.6 Å². The summed E-state index contributed by atoms with van der Waals surface area (Å²) in [6.07, 6.45) is 0.943. The summed E-state index contributed by atoms with van der Waals surface area (Å²) < 4.78 is 30.2. The molecule has 1 aromatic carbocycles. The van der Waals surface area contributed by atoms with Gasteiger partial charge in [-0.15, -0.1) is 6.58 Å². The van der Waals surface area contributed by atoms with Gasteiger partial charge in [-0.1, -0.05) is 12.1 Å². The quantitative estimate of drug-likeness (QED) is 0.549.